The molecule has 0 fully saturated rings. The van der Waals surface area contributed by atoms with Gasteiger partial charge < -0.3 is 31.2 Å². The van der Waals surface area contributed by atoms with Crippen molar-refractivity contribution in [2.45, 2.75) is 13.0 Å². The fourth-order valence-electron chi connectivity index (χ4n) is 4.05. The predicted molar refractivity (Wildman–Crippen MR) is 144 cm³/mol. The van der Waals surface area contributed by atoms with Gasteiger partial charge in [0, 0.05) is 43.0 Å². The number of nitrogens with one attached hydrogen (secondary N) is 3. The lowest BCUT2D eigenvalue weighted by atomic mass is 10.1. The summed E-state index contributed by atoms with van der Waals surface area (Å²) in [5.41, 5.74) is 9.64. The van der Waals surface area contributed by atoms with Gasteiger partial charge in [-0.1, -0.05) is 12.1 Å². The molecule has 4 heterocycles. The van der Waals surface area contributed by atoms with Crippen LogP contribution in [-0.4, -0.2) is 52.6 Å². The van der Waals surface area contributed by atoms with Crippen molar-refractivity contribution < 1.29 is 14.3 Å². The van der Waals surface area contributed by atoms with Crippen LogP contribution in [0.15, 0.2) is 61.1 Å². The Morgan fingerprint density at radius 3 is 2.87 bits per heavy atom. The number of ether oxygens (including phenoxy) is 2. The number of hydrogen-bond acceptors (Lipinski definition) is 10. The van der Waals surface area contributed by atoms with Crippen molar-refractivity contribution in [3.63, 3.8) is 0 Å². The number of aromatic nitrogens is 4. The third kappa shape index (κ3) is 5.79. The fourth-order valence-corrected chi connectivity index (χ4v) is 4.05. The van der Waals surface area contributed by atoms with E-state index in [0.29, 0.717) is 42.6 Å². The van der Waals surface area contributed by atoms with Crippen LogP contribution < -0.4 is 31.2 Å². The molecule has 4 aromatic rings. The van der Waals surface area contributed by atoms with Gasteiger partial charge in [0.1, 0.15) is 29.7 Å². The van der Waals surface area contributed by atoms with Gasteiger partial charge in [0.05, 0.1) is 24.1 Å². The molecule has 1 aromatic carbocycles. The quantitative estimate of drug-likeness (QED) is 0.234. The van der Waals surface area contributed by atoms with Gasteiger partial charge >= 0.3 is 0 Å². The number of nitrogens with zero attached hydrogens (tertiary/aromatic N) is 4. The van der Waals surface area contributed by atoms with Crippen molar-refractivity contribution in [1.82, 2.24) is 25.3 Å². The van der Waals surface area contributed by atoms with Crippen molar-refractivity contribution in [3.8, 4) is 22.8 Å². The number of fused-ring (bicyclic) bond motifs is 1. The summed E-state index contributed by atoms with van der Waals surface area (Å²) in [5, 5.41) is 9.22. The lowest BCUT2D eigenvalue weighted by Gasteiger charge is -2.13. The number of nitrogen functional groups attached to an aromatic ring is 1. The van der Waals surface area contributed by atoms with Gasteiger partial charge in [0.25, 0.3) is 5.91 Å². The van der Waals surface area contributed by atoms with E-state index in [2.05, 4.69) is 35.9 Å². The number of pyridine rings is 2. The number of likely N-dealkylation sites (N-methyl/N-ethyl adjacent to an activating group) is 1. The molecular weight excluding hydrogens is 484 g/mol. The maximum atomic E-state index is 12.8. The normalized spacial score (nSPS) is 11.9. The molecule has 0 saturated heterocycles. The van der Waals surface area contributed by atoms with Gasteiger partial charge in [-0.3, -0.25) is 4.79 Å². The number of carbonyl (C=O) groups is 1. The molecule has 3 aromatic heterocycles. The molecule has 0 atom stereocenters. The Bertz CT molecular complexity index is 1430. The van der Waals surface area contributed by atoms with Gasteiger partial charge in [-0.2, -0.15) is 0 Å². The van der Waals surface area contributed by atoms with Crippen LogP contribution in [0.2, 0.25) is 0 Å². The van der Waals surface area contributed by atoms with Crippen LogP contribution in [0, 0.1) is 0 Å². The highest BCUT2D eigenvalue weighted by Crippen LogP contribution is 2.39. The molecule has 11 nitrogen and oxygen atoms in total. The first-order valence-electron chi connectivity index (χ1n) is 12.2. The summed E-state index contributed by atoms with van der Waals surface area (Å²) in [6.45, 7) is 2.32. The number of benzene rings is 1. The molecule has 38 heavy (non-hydrogen) atoms. The smallest absolute Gasteiger partial charge is 0.256 e. The average molecular weight is 513 g/mol. The molecule has 194 valence electrons. The van der Waals surface area contributed by atoms with Crippen LogP contribution >= 0.6 is 0 Å². The summed E-state index contributed by atoms with van der Waals surface area (Å²) in [5.74, 6) is 2.53. The minimum atomic E-state index is -0.246. The first kappa shape index (κ1) is 24.9. The van der Waals surface area contributed by atoms with Gasteiger partial charge in [-0.15, -0.1) is 0 Å². The van der Waals surface area contributed by atoms with Crippen molar-refractivity contribution in [2.24, 2.45) is 0 Å². The van der Waals surface area contributed by atoms with E-state index in [1.54, 1.807) is 42.9 Å². The SMILES string of the molecule is CNCCOc1ccc(NC(=O)c2cccc(CNc3ncc(-c4ccnc(N)n4)c4c3CCO4)c2)nc1. The Morgan fingerprint density at radius 1 is 1.13 bits per heavy atom. The molecule has 1 aliphatic heterocycles. The highest BCUT2D eigenvalue weighted by atomic mass is 16.5. The standard InChI is InChI=1S/C27H28N8O3/c1-29-10-12-37-19-5-6-23(31-15-19)35-26(36)18-4-2-3-17(13-18)14-32-25-20-8-11-38-24(20)21(16-33-25)22-7-9-30-27(28)34-22/h2-7,9,13,15-16,29H,8,10-12,14H2,1H3,(H,32,33)(H2,28,30,34)(H,31,35,36). The number of anilines is 3. The van der Waals surface area contributed by atoms with Crippen LogP contribution in [0.5, 0.6) is 11.5 Å². The van der Waals surface area contributed by atoms with E-state index >= 15 is 0 Å². The topological polar surface area (TPSA) is 149 Å². The molecule has 1 aliphatic rings. The summed E-state index contributed by atoms with van der Waals surface area (Å²) in [6, 6.07) is 12.7. The molecule has 1 amide bonds. The van der Waals surface area contributed by atoms with E-state index in [1.165, 1.54) is 0 Å². The van der Waals surface area contributed by atoms with E-state index < -0.39 is 0 Å². The van der Waals surface area contributed by atoms with Gasteiger partial charge in [-0.25, -0.2) is 19.9 Å². The molecule has 0 aliphatic carbocycles. The minimum Gasteiger partial charge on any atom is -0.492 e. The van der Waals surface area contributed by atoms with Gasteiger partial charge in [-0.05, 0) is 42.9 Å². The third-order valence-electron chi connectivity index (χ3n) is 5.92. The fraction of sp³-hybridized carbons (Fsp3) is 0.222. The molecule has 0 spiro atoms. The van der Waals surface area contributed by atoms with Crippen LogP contribution in [0.3, 0.4) is 0 Å². The lowest BCUT2D eigenvalue weighted by molar-refractivity contribution is 0.102. The molecule has 5 rings (SSSR count). The predicted octanol–water partition coefficient (Wildman–Crippen LogP) is 2.91. The van der Waals surface area contributed by atoms with Crippen LogP contribution in [0.25, 0.3) is 11.3 Å². The molecule has 0 unspecified atom stereocenters. The third-order valence-corrected chi connectivity index (χ3v) is 5.92. The van der Waals surface area contributed by atoms with Crippen LogP contribution in [-0.2, 0) is 13.0 Å². The highest BCUT2D eigenvalue weighted by Gasteiger charge is 2.23. The number of rotatable bonds is 10. The summed E-state index contributed by atoms with van der Waals surface area (Å²) in [7, 11) is 1.86. The van der Waals surface area contributed by atoms with Crippen molar-refractivity contribution >= 4 is 23.5 Å². The first-order valence-corrected chi connectivity index (χ1v) is 12.2. The summed E-state index contributed by atoms with van der Waals surface area (Å²) in [6.07, 6.45) is 5.65. The van der Waals surface area contributed by atoms with E-state index in [9.17, 15) is 4.79 Å². The molecule has 0 radical (unpaired) electrons. The summed E-state index contributed by atoms with van der Waals surface area (Å²) >= 11 is 0. The molecular formula is C27H28N8O3. The van der Waals surface area contributed by atoms with Gasteiger partial charge in [0.15, 0.2) is 0 Å². The Balaban J connectivity index is 1.24. The van der Waals surface area contributed by atoms with Crippen molar-refractivity contribution in [1.29, 1.82) is 0 Å². The first-order chi connectivity index (χ1) is 18.6. The summed E-state index contributed by atoms with van der Waals surface area (Å²) in [4.78, 5) is 30.0. The molecule has 0 bridgehead atoms. The van der Waals surface area contributed by atoms with Crippen molar-refractivity contribution in [2.75, 3.05) is 43.2 Å². The zero-order valence-electron chi connectivity index (χ0n) is 20.9. The molecule has 5 N–H and O–H groups in total. The molecule has 0 saturated carbocycles. The maximum Gasteiger partial charge on any atom is 0.256 e. The van der Waals surface area contributed by atoms with E-state index in [4.69, 9.17) is 15.2 Å². The minimum absolute atomic E-state index is 0.197. The second kappa shape index (κ2) is 11.5. The number of amides is 1. The number of carbonyl (C=O) groups excluding carboxylic acids is 1. The number of nitrogens with two attached hydrogens (primary N) is 1. The monoisotopic (exact) mass is 512 g/mol. The number of hydrogen-bond donors (Lipinski definition) is 4. The zero-order chi connectivity index (χ0) is 26.3. The second-order valence-corrected chi connectivity index (χ2v) is 8.57. The summed E-state index contributed by atoms with van der Waals surface area (Å²) < 4.78 is 11.5. The Hall–Kier alpha value is -4.77. The van der Waals surface area contributed by atoms with E-state index in [-0.39, 0.29) is 11.9 Å². The zero-order valence-corrected chi connectivity index (χ0v) is 20.9. The van der Waals surface area contributed by atoms with E-state index in [0.717, 1.165) is 41.2 Å². The van der Waals surface area contributed by atoms with Crippen LogP contribution in [0.4, 0.5) is 17.6 Å². The maximum absolute atomic E-state index is 12.8. The van der Waals surface area contributed by atoms with Crippen LogP contribution in [0.1, 0.15) is 21.5 Å². The average Bonchev–Trinajstić information content (AvgIpc) is 3.43. The molecule has 11 heteroatoms. The highest BCUT2D eigenvalue weighted by molar-refractivity contribution is 6.03. The Morgan fingerprint density at radius 2 is 2.05 bits per heavy atom. The lowest BCUT2D eigenvalue weighted by Crippen LogP contribution is -2.16. The van der Waals surface area contributed by atoms with Gasteiger partial charge in [0.2, 0.25) is 5.95 Å². The second-order valence-electron chi connectivity index (χ2n) is 8.57. The van der Waals surface area contributed by atoms with Crippen molar-refractivity contribution in [3.05, 3.63) is 77.7 Å². The van der Waals surface area contributed by atoms with E-state index in [1.807, 2.05) is 25.2 Å². The largest absolute Gasteiger partial charge is 0.492 e. The Labute approximate surface area is 219 Å². The Kier molecular flexibility index (Phi) is 7.55.